The molecule has 0 spiro atoms. The van der Waals surface area contributed by atoms with Crippen LogP contribution in [0.25, 0.3) is 0 Å². The molecular weight excluding hydrogens is 192 g/mol. The second-order valence-electron chi connectivity index (χ2n) is 4.29. The van der Waals surface area contributed by atoms with Crippen molar-refractivity contribution in [3.05, 3.63) is 0 Å². The number of carbonyl (C=O) groups excluding carboxylic acids is 1. The Bertz CT molecular complexity index is 183. The minimum atomic E-state index is -0.0107. The van der Waals surface area contributed by atoms with Crippen LogP contribution in [-0.2, 0) is 4.79 Å². The SMILES string of the molecule is CCC(C)NC(=O)CN[C@H](CO)C(C)C. The Kier molecular flexibility index (Phi) is 7.34. The molecule has 2 atom stereocenters. The van der Waals surface area contributed by atoms with Crippen molar-refractivity contribution in [1.29, 1.82) is 0 Å². The normalized spacial score (nSPS) is 15.1. The lowest BCUT2D eigenvalue weighted by molar-refractivity contribution is -0.121. The Labute approximate surface area is 92.4 Å². The molecule has 0 rings (SSSR count). The van der Waals surface area contributed by atoms with Crippen LogP contribution in [0.5, 0.6) is 0 Å². The molecule has 3 N–H and O–H groups in total. The second kappa shape index (κ2) is 7.65. The largest absolute Gasteiger partial charge is 0.395 e. The number of amides is 1. The van der Waals surface area contributed by atoms with Gasteiger partial charge in [0.25, 0.3) is 0 Å². The summed E-state index contributed by atoms with van der Waals surface area (Å²) in [5.41, 5.74) is 0. The van der Waals surface area contributed by atoms with Gasteiger partial charge in [0, 0.05) is 12.1 Å². The van der Waals surface area contributed by atoms with Crippen molar-refractivity contribution in [3.63, 3.8) is 0 Å². The number of aliphatic hydroxyl groups excluding tert-OH is 1. The summed E-state index contributed by atoms with van der Waals surface area (Å²) in [5.74, 6) is 0.315. The van der Waals surface area contributed by atoms with Crippen molar-refractivity contribution in [2.75, 3.05) is 13.2 Å². The van der Waals surface area contributed by atoms with Crippen LogP contribution in [-0.4, -0.2) is 36.2 Å². The van der Waals surface area contributed by atoms with Gasteiger partial charge >= 0.3 is 0 Å². The van der Waals surface area contributed by atoms with E-state index < -0.39 is 0 Å². The second-order valence-corrected chi connectivity index (χ2v) is 4.29. The Morgan fingerprint density at radius 1 is 1.33 bits per heavy atom. The predicted molar refractivity (Wildman–Crippen MR) is 61.6 cm³/mol. The molecule has 0 aliphatic rings. The Morgan fingerprint density at radius 2 is 1.93 bits per heavy atom. The highest BCUT2D eigenvalue weighted by Crippen LogP contribution is 1.99. The van der Waals surface area contributed by atoms with Crippen LogP contribution in [0.2, 0.25) is 0 Å². The van der Waals surface area contributed by atoms with Crippen molar-refractivity contribution >= 4 is 5.91 Å². The maximum atomic E-state index is 11.4. The molecule has 0 aliphatic carbocycles. The molecule has 4 heteroatoms. The minimum absolute atomic E-state index is 0.00678. The fourth-order valence-electron chi connectivity index (χ4n) is 1.16. The van der Waals surface area contributed by atoms with E-state index in [1.165, 1.54) is 0 Å². The zero-order valence-corrected chi connectivity index (χ0v) is 10.2. The lowest BCUT2D eigenvalue weighted by atomic mass is 10.1. The topological polar surface area (TPSA) is 61.4 Å². The van der Waals surface area contributed by atoms with Crippen LogP contribution >= 0.6 is 0 Å². The van der Waals surface area contributed by atoms with Crippen LogP contribution in [0, 0.1) is 5.92 Å². The fraction of sp³-hybridized carbons (Fsp3) is 0.909. The quantitative estimate of drug-likeness (QED) is 0.581. The van der Waals surface area contributed by atoms with E-state index in [1.807, 2.05) is 27.7 Å². The van der Waals surface area contributed by atoms with E-state index in [9.17, 15) is 4.79 Å². The van der Waals surface area contributed by atoms with Gasteiger partial charge in [-0.3, -0.25) is 4.79 Å². The van der Waals surface area contributed by atoms with E-state index in [4.69, 9.17) is 5.11 Å². The maximum Gasteiger partial charge on any atom is 0.234 e. The number of rotatable bonds is 7. The summed E-state index contributed by atoms with van der Waals surface area (Å²) in [6.07, 6.45) is 0.930. The van der Waals surface area contributed by atoms with Crippen LogP contribution in [0.3, 0.4) is 0 Å². The summed E-state index contributed by atoms with van der Waals surface area (Å²) < 4.78 is 0. The first-order valence-corrected chi connectivity index (χ1v) is 5.64. The Balaban J connectivity index is 3.78. The molecule has 1 amide bonds. The van der Waals surface area contributed by atoms with E-state index in [0.29, 0.717) is 5.92 Å². The standard InChI is InChI=1S/C11H24N2O2/c1-5-9(4)13-11(15)6-12-10(7-14)8(2)3/h8-10,12,14H,5-7H2,1-4H3,(H,13,15)/t9?,10-/m1/s1. The van der Waals surface area contributed by atoms with Gasteiger partial charge in [-0.2, -0.15) is 0 Å². The molecule has 0 aromatic rings. The highest BCUT2D eigenvalue weighted by molar-refractivity contribution is 5.78. The lowest BCUT2D eigenvalue weighted by Gasteiger charge is -2.20. The number of carbonyl (C=O) groups is 1. The molecule has 90 valence electrons. The highest BCUT2D eigenvalue weighted by Gasteiger charge is 2.13. The van der Waals surface area contributed by atoms with Gasteiger partial charge in [-0.05, 0) is 19.3 Å². The third-order valence-electron chi connectivity index (χ3n) is 2.55. The molecule has 0 heterocycles. The minimum Gasteiger partial charge on any atom is -0.395 e. The maximum absolute atomic E-state index is 11.4. The summed E-state index contributed by atoms with van der Waals surface area (Å²) in [6, 6.07) is 0.207. The lowest BCUT2D eigenvalue weighted by Crippen LogP contribution is -2.45. The van der Waals surface area contributed by atoms with Crippen molar-refractivity contribution in [2.24, 2.45) is 5.92 Å². The van der Waals surface area contributed by atoms with E-state index in [0.717, 1.165) is 6.42 Å². The molecular formula is C11H24N2O2. The average molecular weight is 216 g/mol. The van der Waals surface area contributed by atoms with E-state index in [1.54, 1.807) is 0 Å². The first kappa shape index (κ1) is 14.4. The van der Waals surface area contributed by atoms with Crippen LogP contribution in [0.4, 0.5) is 0 Å². The third kappa shape index (κ3) is 6.47. The van der Waals surface area contributed by atoms with Crippen molar-refractivity contribution in [3.8, 4) is 0 Å². The molecule has 15 heavy (non-hydrogen) atoms. The molecule has 0 fully saturated rings. The first-order chi connectivity index (χ1) is 7.01. The van der Waals surface area contributed by atoms with E-state index in [2.05, 4.69) is 10.6 Å². The molecule has 1 unspecified atom stereocenters. The molecule has 0 aliphatic heterocycles. The summed E-state index contributed by atoms with van der Waals surface area (Å²) in [6.45, 7) is 8.37. The highest BCUT2D eigenvalue weighted by atomic mass is 16.3. The third-order valence-corrected chi connectivity index (χ3v) is 2.55. The van der Waals surface area contributed by atoms with Gasteiger partial charge < -0.3 is 15.7 Å². The summed E-state index contributed by atoms with van der Waals surface area (Å²) in [5, 5.41) is 14.9. The van der Waals surface area contributed by atoms with Gasteiger partial charge in [0.15, 0.2) is 0 Å². The number of aliphatic hydroxyl groups is 1. The molecule has 0 saturated heterocycles. The predicted octanol–water partition coefficient (Wildman–Crippen LogP) is 0.508. The first-order valence-electron chi connectivity index (χ1n) is 5.64. The smallest absolute Gasteiger partial charge is 0.234 e. The summed E-state index contributed by atoms with van der Waals surface area (Å²) in [4.78, 5) is 11.4. The molecule has 0 bridgehead atoms. The Hall–Kier alpha value is -0.610. The van der Waals surface area contributed by atoms with Gasteiger partial charge in [0.2, 0.25) is 5.91 Å². The van der Waals surface area contributed by atoms with Gasteiger partial charge in [-0.15, -0.1) is 0 Å². The van der Waals surface area contributed by atoms with Crippen LogP contribution in [0.1, 0.15) is 34.1 Å². The van der Waals surface area contributed by atoms with Gasteiger partial charge in [0.1, 0.15) is 0 Å². The summed E-state index contributed by atoms with van der Waals surface area (Å²) >= 11 is 0. The fourth-order valence-corrected chi connectivity index (χ4v) is 1.16. The number of hydrogen-bond acceptors (Lipinski definition) is 3. The number of nitrogens with one attached hydrogen (secondary N) is 2. The molecule has 0 saturated carbocycles. The summed E-state index contributed by atoms with van der Waals surface area (Å²) in [7, 11) is 0. The van der Waals surface area contributed by atoms with E-state index >= 15 is 0 Å². The van der Waals surface area contributed by atoms with E-state index in [-0.39, 0.29) is 31.1 Å². The Morgan fingerprint density at radius 3 is 2.33 bits per heavy atom. The molecule has 4 nitrogen and oxygen atoms in total. The zero-order chi connectivity index (χ0) is 11.8. The van der Waals surface area contributed by atoms with Gasteiger partial charge in [-0.25, -0.2) is 0 Å². The van der Waals surface area contributed by atoms with Crippen molar-refractivity contribution in [2.45, 2.75) is 46.2 Å². The zero-order valence-electron chi connectivity index (χ0n) is 10.2. The molecule has 0 radical (unpaired) electrons. The van der Waals surface area contributed by atoms with Gasteiger partial charge in [0.05, 0.1) is 13.2 Å². The van der Waals surface area contributed by atoms with Gasteiger partial charge in [-0.1, -0.05) is 20.8 Å². The van der Waals surface area contributed by atoms with Crippen molar-refractivity contribution < 1.29 is 9.90 Å². The monoisotopic (exact) mass is 216 g/mol. The van der Waals surface area contributed by atoms with Crippen LogP contribution < -0.4 is 10.6 Å². The molecule has 0 aromatic heterocycles. The van der Waals surface area contributed by atoms with Crippen molar-refractivity contribution in [1.82, 2.24) is 10.6 Å². The van der Waals surface area contributed by atoms with Crippen LogP contribution in [0.15, 0.2) is 0 Å². The average Bonchev–Trinajstić information content (AvgIpc) is 2.17. The molecule has 0 aromatic carbocycles. The number of hydrogen-bond donors (Lipinski definition) is 3.